The van der Waals surface area contributed by atoms with Gasteiger partial charge in [-0.15, -0.1) is 0 Å². The third-order valence-corrected chi connectivity index (χ3v) is 10.1. The zero-order chi connectivity index (χ0) is 26.4. The van der Waals surface area contributed by atoms with Crippen LogP contribution < -0.4 is 19.3 Å². The van der Waals surface area contributed by atoms with Crippen LogP contribution >= 0.6 is 31.9 Å². The van der Waals surface area contributed by atoms with Gasteiger partial charge < -0.3 is 14.4 Å². The topological polar surface area (TPSA) is 93.2 Å². The number of esters is 1. The molecular weight excluding hydrogens is 608 g/mol. The Hall–Kier alpha value is -2.72. The van der Waals surface area contributed by atoms with E-state index >= 15 is 0 Å². The highest BCUT2D eigenvalue weighted by Gasteiger charge is 2.52. The van der Waals surface area contributed by atoms with E-state index in [1.54, 1.807) is 37.3 Å². The van der Waals surface area contributed by atoms with Crippen LogP contribution in [0.15, 0.2) is 42.5 Å². The molecule has 0 radical (unpaired) electrons. The minimum atomic E-state index is -0.628. The van der Waals surface area contributed by atoms with Crippen molar-refractivity contribution in [2.75, 3.05) is 23.5 Å². The summed E-state index contributed by atoms with van der Waals surface area (Å²) in [7, 11) is 1.53. The van der Waals surface area contributed by atoms with Gasteiger partial charge in [-0.05, 0) is 55.7 Å². The van der Waals surface area contributed by atoms with Crippen molar-refractivity contribution in [3.63, 3.8) is 0 Å². The monoisotopic (exact) mass is 632 g/mol. The van der Waals surface area contributed by atoms with Gasteiger partial charge >= 0.3 is 5.97 Å². The third-order valence-electron chi connectivity index (χ3n) is 7.37. The molecule has 2 heterocycles. The number of carbonyl (C=O) groups excluding carboxylic acids is 4. The molecule has 194 valence electrons. The molecule has 3 fully saturated rings. The van der Waals surface area contributed by atoms with Crippen LogP contribution in [-0.2, 0) is 19.2 Å². The Kier molecular flexibility index (Phi) is 7.15. The molecule has 2 aromatic rings. The van der Waals surface area contributed by atoms with Crippen LogP contribution in [0.2, 0.25) is 0 Å². The fraction of sp³-hybridized carbons (Fsp3) is 0.407. The van der Waals surface area contributed by atoms with Crippen molar-refractivity contribution in [3.05, 3.63) is 48.0 Å². The zero-order valence-electron chi connectivity index (χ0n) is 20.4. The number of halogens is 2. The summed E-state index contributed by atoms with van der Waals surface area (Å²) in [5, 5.41) is 0. The SMILES string of the molecule is COc1ccccc1N1C[C@H](C(=O)Oc2ccc(N3C(=O)[C@@H]4C[C@@H](Br)[C@@H](Br)C[C@H]4C3=O)c(C)c2)CC1=O. The molecule has 0 aromatic heterocycles. The van der Waals surface area contributed by atoms with Crippen molar-refractivity contribution in [3.8, 4) is 11.5 Å². The Labute approximate surface area is 231 Å². The van der Waals surface area contributed by atoms with E-state index in [9.17, 15) is 19.2 Å². The number of benzene rings is 2. The Morgan fingerprint density at radius 3 is 2.22 bits per heavy atom. The normalized spacial score (nSPS) is 27.5. The maximum Gasteiger partial charge on any atom is 0.316 e. The number of alkyl halides is 2. The molecule has 5 rings (SSSR count). The number of ether oxygens (including phenoxy) is 2. The van der Waals surface area contributed by atoms with Crippen LogP contribution in [0.5, 0.6) is 11.5 Å². The number of imide groups is 1. The molecule has 0 bridgehead atoms. The first kappa shape index (κ1) is 25.9. The van der Waals surface area contributed by atoms with Gasteiger partial charge in [0, 0.05) is 22.6 Å². The number of fused-ring (bicyclic) bond motifs is 1. The van der Waals surface area contributed by atoms with Gasteiger partial charge in [0.1, 0.15) is 11.5 Å². The first-order valence-corrected chi connectivity index (χ1v) is 13.9. The number of rotatable bonds is 5. The first-order chi connectivity index (χ1) is 17.7. The fourth-order valence-electron chi connectivity index (χ4n) is 5.43. The summed E-state index contributed by atoms with van der Waals surface area (Å²) in [5.74, 6) is -1.52. The summed E-state index contributed by atoms with van der Waals surface area (Å²) in [4.78, 5) is 55.0. The minimum Gasteiger partial charge on any atom is -0.495 e. The smallest absolute Gasteiger partial charge is 0.316 e. The van der Waals surface area contributed by atoms with Crippen molar-refractivity contribution in [2.24, 2.45) is 17.8 Å². The summed E-state index contributed by atoms with van der Waals surface area (Å²) in [6.45, 7) is 1.97. The second-order valence-electron chi connectivity index (χ2n) is 9.67. The summed E-state index contributed by atoms with van der Waals surface area (Å²) in [6.07, 6.45) is 1.24. The molecule has 0 spiro atoms. The van der Waals surface area contributed by atoms with E-state index in [0.717, 1.165) is 0 Å². The number of para-hydroxylation sites is 2. The van der Waals surface area contributed by atoms with E-state index < -0.39 is 11.9 Å². The predicted octanol–water partition coefficient (Wildman–Crippen LogP) is 4.39. The molecule has 10 heteroatoms. The third kappa shape index (κ3) is 4.69. The molecule has 3 amide bonds. The van der Waals surface area contributed by atoms with Gasteiger partial charge in [0.25, 0.3) is 0 Å². The van der Waals surface area contributed by atoms with Crippen molar-refractivity contribution >= 4 is 66.9 Å². The van der Waals surface area contributed by atoms with Crippen LogP contribution in [0, 0.1) is 24.7 Å². The van der Waals surface area contributed by atoms with Gasteiger partial charge in [0.05, 0.1) is 36.2 Å². The zero-order valence-corrected chi connectivity index (χ0v) is 23.5. The highest BCUT2D eigenvalue weighted by atomic mass is 79.9. The largest absolute Gasteiger partial charge is 0.495 e. The quantitative estimate of drug-likeness (QED) is 0.210. The lowest BCUT2D eigenvalue weighted by Crippen LogP contribution is -2.34. The number of hydrogen-bond donors (Lipinski definition) is 0. The number of aryl methyl sites for hydroxylation is 1. The second-order valence-corrected chi connectivity index (χ2v) is 12.0. The number of hydrogen-bond acceptors (Lipinski definition) is 6. The molecule has 1 aliphatic carbocycles. The number of anilines is 2. The minimum absolute atomic E-state index is 0.0383. The highest BCUT2D eigenvalue weighted by molar-refractivity contribution is 9.12. The van der Waals surface area contributed by atoms with E-state index in [0.29, 0.717) is 41.3 Å². The van der Waals surface area contributed by atoms with Gasteiger partial charge in [-0.1, -0.05) is 44.0 Å². The van der Waals surface area contributed by atoms with E-state index in [-0.39, 0.29) is 52.2 Å². The van der Waals surface area contributed by atoms with E-state index in [2.05, 4.69) is 31.9 Å². The molecule has 8 nitrogen and oxygen atoms in total. The second kappa shape index (κ2) is 10.2. The fourth-order valence-corrected chi connectivity index (χ4v) is 6.66. The predicted molar refractivity (Wildman–Crippen MR) is 144 cm³/mol. The number of methoxy groups -OCH3 is 1. The lowest BCUT2D eigenvalue weighted by atomic mass is 9.81. The van der Waals surface area contributed by atoms with Gasteiger partial charge in [-0.3, -0.25) is 19.2 Å². The summed E-state index contributed by atoms with van der Waals surface area (Å²) in [6, 6.07) is 12.0. The molecule has 5 atom stereocenters. The number of amides is 3. The standard InChI is InChI=1S/C27H26Br2N2O6/c1-14-9-16(7-8-21(14)31-25(33)17-11-19(28)20(29)12-18(17)26(31)34)37-27(35)15-10-24(32)30(13-15)22-5-3-4-6-23(22)36-2/h3-9,15,17-20H,10-13H2,1-2H3/t15-,17-,18-,19-,20+/m1/s1. The molecule has 1 saturated carbocycles. The van der Waals surface area contributed by atoms with Crippen LogP contribution in [-0.4, -0.2) is 47.0 Å². The molecule has 0 unspecified atom stereocenters. The number of nitrogens with zero attached hydrogens (tertiary/aromatic N) is 2. The van der Waals surface area contributed by atoms with Crippen molar-refractivity contribution in [1.29, 1.82) is 0 Å². The summed E-state index contributed by atoms with van der Waals surface area (Å²) in [5.41, 5.74) is 1.76. The van der Waals surface area contributed by atoms with Gasteiger partial charge in [0.15, 0.2) is 0 Å². The lowest BCUT2D eigenvalue weighted by Gasteiger charge is -2.29. The van der Waals surface area contributed by atoms with Gasteiger partial charge in [-0.25, -0.2) is 4.90 Å². The van der Waals surface area contributed by atoms with Crippen LogP contribution in [0.25, 0.3) is 0 Å². The summed E-state index contributed by atoms with van der Waals surface area (Å²) >= 11 is 7.22. The van der Waals surface area contributed by atoms with Crippen LogP contribution in [0.1, 0.15) is 24.8 Å². The Morgan fingerprint density at radius 1 is 0.946 bits per heavy atom. The molecule has 2 aromatic carbocycles. The van der Waals surface area contributed by atoms with E-state index in [1.807, 2.05) is 12.1 Å². The first-order valence-electron chi connectivity index (χ1n) is 12.1. The van der Waals surface area contributed by atoms with Gasteiger partial charge in [0.2, 0.25) is 17.7 Å². The molecule has 0 N–H and O–H groups in total. The Morgan fingerprint density at radius 2 is 1.59 bits per heavy atom. The molecule has 2 saturated heterocycles. The van der Waals surface area contributed by atoms with Crippen LogP contribution in [0.3, 0.4) is 0 Å². The maximum atomic E-state index is 13.2. The van der Waals surface area contributed by atoms with E-state index in [4.69, 9.17) is 9.47 Å². The van der Waals surface area contributed by atoms with Crippen LogP contribution in [0.4, 0.5) is 11.4 Å². The average Bonchev–Trinajstić information content (AvgIpc) is 3.37. The lowest BCUT2D eigenvalue weighted by molar-refractivity contribution is -0.139. The maximum absolute atomic E-state index is 13.2. The molecule has 2 aliphatic heterocycles. The Balaban J connectivity index is 1.29. The molecule has 37 heavy (non-hydrogen) atoms. The Bertz CT molecular complexity index is 1260. The van der Waals surface area contributed by atoms with Crippen molar-refractivity contribution in [2.45, 2.75) is 35.8 Å². The summed E-state index contributed by atoms with van der Waals surface area (Å²) < 4.78 is 11.0. The average molecular weight is 634 g/mol. The van der Waals surface area contributed by atoms with Gasteiger partial charge in [-0.2, -0.15) is 0 Å². The van der Waals surface area contributed by atoms with E-state index in [1.165, 1.54) is 16.9 Å². The molecular formula is C27H26Br2N2O6. The van der Waals surface area contributed by atoms with Crippen molar-refractivity contribution < 1.29 is 28.7 Å². The number of carbonyl (C=O) groups is 4. The molecule has 3 aliphatic rings. The highest BCUT2D eigenvalue weighted by Crippen LogP contribution is 2.45. The van der Waals surface area contributed by atoms with Crippen molar-refractivity contribution in [1.82, 2.24) is 0 Å².